The van der Waals surface area contributed by atoms with Gasteiger partial charge in [-0.15, -0.1) is 0 Å². The second kappa shape index (κ2) is 9.23. The molecule has 0 unspecified atom stereocenters. The van der Waals surface area contributed by atoms with E-state index in [9.17, 15) is 9.59 Å². The number of carbonyl (C=O) groups excluding carboxylic acids is 2. The van der Waals surface area contributed by atoms with Crippen LogP contribution in [0.5, 0.6) is 5.75 Å². The van der Waals surface area contributed by atoms with Crippen molar-refractivity contribution < 1.29 is 19.1 Å². The molecule has 172 valence electrons. The van der Waals surface area contributed by atoms with E-state index in [1.807, 2.05) is 40.3 Å². The van der Waals surface area contributed by atoms with Gasteiger partial charge in [-0.2, -0.15) is 5.10 Å². The Labute approximate surface area is 192 Å². The number of nitrogens with zero attached hydrogens (tertiary/aromatic N) is 4. The average molecular weight is 449 g/mol. The number of rotatable bonds is 4. The number of ether oxygens (including phenoxy) is 2. The van der Waals surface area contributed by atoms with E-state index in [0.717, 1.165) is 18.4 Å². The highest BCUT2D eigenvalue weighted by Gasteiger charge is 2.27. The van der Waals surface area contributed by atoms with Crippen LogP contribution in [0.4, 0.5) is 0 Å². The zero-order chi connectivity index (χ0) is 22.8. The molecule has 0 saturated carbocycles. The zero-order valence-corrected chi connectivity index (χ0v) is 18.8. The van der Waals surface area contributed by atoms with E-state index in [4.69, 9.17) is 9.47 Å². The Morgan fingerprint density at radius 3 is 2.42 bits per heavy atom. The summed E-state index contributed by atoms with van der Waals surface area (Å²) >= 11 is 0. The summed E-state index contributed by atoms with van der Waals surface area (Å²) in [5, 5.41) is 4.38. The molecule has 2 amide bonds. The fraction of sp³-hybridized carbons (Fsp3) is 0.400. The molecule has 2 fully saturated rings. The minimum absolute atomic E-state index is 0.00248. The smallest absolute Gasteiger partial charge is 0.257 e. The number of fused-ring (bicyclic) bond motifs is 1. The van der Waals surface area contributed by atoms with Gasteiger partial charge in [-0.1, -0.05) is 12.1 Å². The third-order valence-electron chi connectivity index (χ3n) is 6.67. The predicted molar refractivity (Wildman–Crippen MR) is 123 cm³/mol. The van der Waals surface area contributed by atoms with E-state index in [1.165, 1.54) is 5.56 Å². The van der Waals surface area contributed by atoms with Gasteiger partial charge in [0.25, 0.3) is 11.8 Å². The molecule has 0 aliphatic carbocycles. The Bertz CT molecular complexity index is 1160. The maximum atomic E-state index is 13.0. The maximum Gasteiger partial charge on any atom is 0.257 e. The largest absolute Gasteiger partial charge is 0.496 e. The van der Waals surface area contributed by atoms with Crippen LogP contribution < -0.4 is 4.74 Å². The first-order valence-electron chi connectivity index (χ1n) is 11.4. The van der Waals surface area contributed by atoms with Crippen LogP contribution in [-0.4, -0.2) is 77.7 Å². The minimum Gasteiger partial charge on any atom is -0.496 e. The quantitative estimate of drug-likeness (QED) is 0.614. The van der Waals surface area contributed by atoms with Crippen molar-refractivity contribution in [2.24, 2.45) is 0 Å². The van der Waals surface area contributed by atoms with Crippen LogP contribution in [0.25, 0.3) is 5.52 Å². The van der Waals surface area contributed by atoms with Crippen LogP contribution in [0.1, 0.15) is 45.0 Å². The highest BCUT2D eigenvalue weighted by molar-refractivity contribution is 6.00. The molecule has 2 aliphatic heterocycles. The van der Waals surface area contributed by atoms with Gasteiger partial charge in [0.2, 0.25) is 0 Å². The summed E-state index contributed by atoms with van der Waals surface area (Å²) in [5.74, 6) is 0.949. The number of methoxy groups -OCH3 is 1. The van der Waals surface area contributed by atoms with Crippen molar-refractivity contribution in [3.8, 4) is 5.75 Å². The summed E-state index contributed by atoms with van der Waals surface area (Å²) in [6, 6.07) is 11.5. The van der Waals surface area contributed by atoms with Crippen molar-refractivity contribution in [2.45, 2.75) is 18.8 Å². The van der Waals surface area contributed by atoms with Crippen LogP contribution in [0.2, 0.25) is 0 Å². The summed E-state index contributed by atoms with van der Waals surface area (Å²) in [7, 11) is 1.59. The Morgan fingerprint density at radius 2 is 1.67 bits per heavy atom. The molecule has 8 heteroatoms. The number of piperidine rings is 1. The monoisotopic (exact) mass is 448 g/mol. The minimum atomic E-state index is 0.00248. The molecule has 2 aliphatic rings. The van der Waals surface area contributed by atoms with Gasteiger partial charge in [0.05, 0.1) is 43.2 Å². The number of morpholine rings is 1. The predicted octanol–water partition coefficient (Wildman–Crippen LogP) is 2.84. The molecule has 0 spiro atoms. The Morgan fingerprint density at radius 1 is 0.970 bits per heavy atom. The SMILES string of the molecule is COc1ccccc1C(=O)N1CCC(c2ccn3ncc(C(=O)N4CCOCC4)c3c2)CC1. The molecule has 0 N–H and O–H groups in total. The van der Waals surface area contributed by atoms with Crippen molar-refractivity contribution in [3.05, 3.63) is 65.5 Å². The molecule has 0 radical (unpaired) electrons. The van der Waals surface area contributed by atoms with E-state index in [-0.39, 0.29) is 11.8 Å². The number of amides is 2. The fourth-order valence-corrected chi connectivity index (χ4v) is 4.76. The maximum absolute atomic E-state index is 13.0. The lowest BCUT2D eigenvalue weighted by atomic mass is 9.89. The molecule has 5 rings (SSSR count). The van der Waals surface area contributed by atoms with Gasteiger partial charge < -0.3 is 19.3 Å². The standard InChI is InChI=1S/C25H28N4O4/c1-32-23-5-3-2-4-20(23)24(30)27-9-6-18(7-10-27)19-8-11-29-22(16-19)21(17-26-29)25(31)28-12-14-33-15-13-28/h2-5,8,11,16-18H,6-7,9-10,12-15H2,1H3. The average Bonchev–Trinajstić information content (AvgIpc) is 3.31. The molecular weight excluding hydrogens is 420 g/mol. The van der Waals surface area contributed by atoms with Crippen molar-refractivity contribution in [1.29, 1.82) is 0 Å². The first-order chi connectivity index (χ1) is 16.2. The Balaban J connectivity index is 1.30. The summed E-state index contributed by atoms with van der Waals surface area (Å²) in [6.45, 7) is 3.73. The van der Waals surface area contributed by atoms with Crippen molar-refractivity contribution >= 4 is 17.3 Å². The number of para-hydroxylation sites is 1. The number of pyridine rings is 1. The van der Waals surface area contributed by atoms with Crippen molar-refractivity contribution in [2.75, 3.05) is 46.5 Å². The topological polar surface area (TPSA) is 76.4 Å². The van der Waals surface area contributed by atoms with Crippen LogP contribution in [0.15, 0.2) is 48.8 Å². The van der Waals surface area contributed by atoms with E-state index in [2.05, 4.69) is 17.2 Å². The van der Waals surface area contributed by atoms with Gasteiger partial charge in [0.15, 0.2) is 0 Å². The van der Waals surface area contributed by atoms with Gasteiger partial charge in [0.1, 0.15) is 5.75 Å². The highest BCUT2D eigenvalue weighted by atomic mass is 16.5. The first-order valence-corrected chi connectivity index (χ1v) is 11.4. The van der Waals surface area contributed by atoms with Gasteiger partial charge in [-0.25, -0.2) is 4.52 Å². The molecular formula is C25H28N4O4. The number of carbonyl (C=O) groups is 2. The van der Waals surface area contributed by atoms with Gasteiger partial charge in [0, 0.05) is 32.4 Å². The van der Waals surface area contributed by atoms with Gasteiger partial charge in [-0.3, -0.25) is 9.59 Å². The molecule has 3 aromatic rings. The normalized spacial score (nSPS) is 17.4. The summed E-state index contributed by atoms with van der Waals surface area (Å²) in [6.07, 6.45) is 5.33. The summed E-state index contributed by atoms with van der Waals surface area (Å²) in [4.78, 5) is 29.8. The van der Waals surface area contributed by atoms with Crippen molar-refractivity contribution in [1.82, 2.24) is 19.4 Å². The van der Waals surface area contributed by atoms with E-state index < -0.39 is 0 Å². The van der Waals surface area contributed by atoms with Crippen LogP contribution >= 0.6 is 0 Å². The van der Waals surface area contributed by atoms with E-state index in [1.54, 1.807) is 17.8 Å². The number of hydrogen-bond acceptors (Lipinski definition) is 5. The lowest BCUT2D eigenvalue weighted by Gasteiger charge is -2.32. The second-order valence-corrected chi connectivity index (χ2v) is 8.52. The molecule has 1 aromatic carbocycles. The number of benzene rings is 1. The van der Waals surface area contributed by atoms with Crippen LogP contribution in [0.3, 0.4) is 0 Å². The molecule has 2 aromatic heterocycles. The molecule has 0 bridgehead atoms. The number of hydrogen-bond donors (Lipinski definition) is 0. The lowest BCUT2D eigenvalue weighted by molar-refractivity contribution is 0.0304. The van der Waals surface area contributed by atoms with E-state index >= 15 is 0 Å². The zero-order valence-electron chi connectivity index (χ0n) is 18.8. The molecule has 2 saturated heterocycles. The highest BCUT2D eigenvalue weighted by Crippen LogP contribution is 2.31. The Hall–Kier alpha value is -3.39. The molecule has 8 nitrogen and oxygen atoms in total. The van der Waals surface area contributed by atoms with E-state index in [0.29, 0.717) is 62.2 Å². The second-order valence-electron chi connectivity index (χ2n) is 8.52. The fourth-order valence-electron chi connectivity index (χ4n) is 4.76. The van der Waals surface area contributed by atoms with Crippen LogP contribution in [0, 0.1) is 0 Å². The first kappa shape index (κ1) is 21.5. The van der Waals surface area contributed by atoms with Gasteiger partial charge in [-0.05, 0) is 48.6 Å². The summed E-state index contributed by atoms with van der Waals surface area (Å²) in [5.41, 5.74) is 3.24. The third kappa shape index (κ3) is 4.18. The van der Waals surface area contributed by atoms with Crippen molar-refractivity contribution in [3.63, 3.8) is 0 Å². The molecule has 4 heterocycles. The summed E-state index contributed by atoms with van der Waals surface area (Å²) < 4.78 is 12.5. The molecule has 0 atom stereocenters. The van der Waals surface area contributed by atoms with Crippen LogP contribution in [-0.2, 0) is 4.74 Å². The van der Waals surface area contributed by atoms with Gasteiger partial charge >= 0.3 is 0 Å². The Kier molecular flexibility index (Phi) is 6.00. The lowest BCUT2D eigenvalue weighted by Crippen LogP contribution is -2.40. The third-order valence-corrected chi connectivity index (χ3v) is 6.67. The number of aromatic nitrogens is 2. The molecule has 33 heavy (non-hydrogen) atoms. The number of likely N-dealkylation sites (tertiary alicyclic amines) is 1.